The highest BCUT2D eigenvalue weighted by molar-refractivity contribution is 6.45. The number of aliphatic hydroxyl groups is 2. The van der Waals surface area contributed by atoms with Gasteiger partial charge in [-0.2, -0.15) is 0 Å². The number of nitrogens with zero attached hydrogens (tertiary/aromatic N) is 2. The molecule has 4 aliphatic rings. The molecule has 0 bridgehead atoms. The van der Waals surface area contributed by atoms with Gasteiger partial charge < -0.3 is 35.4 Å². The van der Waals surface area contributed by atoms with Gasteiger partial charge in [0.05, 0.1) is 19.8 Å². The Bertz CT molecular complexity index is 1150. The summed E-state index contributed by atoms with van der Waals surface area (Å²) in [6, 6.07) is 3.49. The maximum atomic E-state index is 14.0. The van der Waals surface area contributed by atoms with Gasteiger partial charge in [-0.3, -0.25) is 9.69 Å². The molecule has 1 saturated carbocycles. The first-order chi connectivity index (χ1) is 17.8. The maximum Gasteiger partial charge on any atom is 0.375 e. The van der Waals surface area contributed by atoms with E-state index in [2.05, 4.69) is 54.4 Å². The highest BCUT2D eigenvalue weighted by atomic mass is 16.5. The number of likely N-dealkylation sites (N-methyl/N-ethyl adjacent to an activating group) is 1. The summed E-state index contributed by atoms with van der Waals surface area (Å²) in [6.45, 7) is 11.6. The molecule has 0 radical (unpaired) electrons. The van der Waals surface area contributed by atoms with Crippen LogP contribution in [0.5, 0.6) is 5.75 Å². The Hall–Kier alpha value is -2.11. The fourth-order valence-electron chi connectivity index (χ4n) is 8.29. The molecule has 6 unspecified atom stereocenters. The number of benzene rings is 1. The van der Waals surface area contributed by atoms with Crippen molar-refractivity contribution in [3.05, 3.63) is 35.4 Å². The average Bonchev–Trinajstić information content (AvgIpc) is 3.37. The summed E-state index contributed by atoms with van der Waals surface area (Å²) in [6.07, 6.45) is 4.12. The van der Waals surface area contributed by atoms with Gasteiger partial charge in [-0.05, 0) is 48.8 Å². The van der Waals surface area contributed by atoms with Gasteiger partial charge in [-0.25, -0.2) is 0 Å². The molecule has 0 aromatic heterocycles. The van der Waals surface area contributed by atoms with Crippen LogP contribution < -0.4 is 20.2 Å². The van der Waals surface area contributed by atoms with Crippen molar-refractivity contribution in [3.63, 3.8) is 0 Å². The zero-order valence-electron chi connectivity index (χ0n) is 23.7. The van der Waals surface area contributed by atoms with E-state index in [0.29, 0.717) is 6.42 Å². The van der Waals surface area contributed by atoms with Gasteiger partial charge in [0.1, 0.15) is 11.9 Å². The molecule has 6 atom stereocenters. The molecule has 1 amide bonds. The lowest BCUT2D eigenvalue weighted by Crippen LogP contribution is -2.82. The second-order valence-electron chi connectivity index (χ2n) is 12.7. The molecule has 1 aliphatic carbocycles. The normalized spacial score (nSPS) is 35.5. The predicted molar refractivity (Wildman–Crippen MR) is 148 cm³/mol. The van der Waals surface area contributed by atoms with E-state index in [1.54, 1.807) is 13.9 Å². The summed E-state index contributed by atoms with van der Waals surface area (Å²) in [4.78, 5) is 18.4. The van der Waals surface area contributed by atoms with Gasteiger partial charge in [0, 0.05) is 42.2 Å². The van der Waals surface area contributed by atoms with E-state index in [9.17, 15) is 20.0 Å². The lowest BCUT2D eigenvalue weighted by molar-refractivity contribution is -0.203. The van der Waals surface area contributed by atoms with E-state index in [1.165, 1.54) is 0 Å². The van der Waals surface area contributed by atoms with E-state index >= 15 is 0 Å². The Balaban J connectivity index is 1.77. The summed E-state index contributed by atoms with van der Waals surface area (Å²) in [7, 11) is 2.75. The minimum Gasteiger partial charge on any atom is -0.496 e. The van der Waals surface area contributed by atoms with Crippen LogP contribution in [0.25, 0.3) is 0 Å². The number of methoxy groups -OCH3 is 1. The molecule has 2 fully saturated rings. The van der Waals surface area contributed by atoms with Crippen molar-refractivity contribution >= 4 is 18.6 Å². The number of hydrogen-bond donors (Lipinski definition) is 5. The molecule has 5 rings (SSSR count). The van der Waals surface area contributed by atoms with Crippen LogP contribution in [-0.4, -0.2) is 90.8 Å². The topological polar surface area (TPSA) is 118 Å². The summed E-state index contributed by atoms with van der Waals surface area (Å²) < 4.78 is 5.85. The molecule has 3 aliphatic heterocycles. The monoisotopic (exact) mass is 526 g/mol. The van der Waals surface area contributed by atoms with Crippen LogP contribution in [0, 0.1) is 5.41 Å². The van der Waals surface area contributed by atoms with E-state index in [-0.39, 0.29) is 18.1 Å². The van der Waals surface area contributed by atoms with Gasteiger partial charge in [0.15, 0.2) is 5.60 Å². The van der Waals surface area contributed by atoms with Crippen molar-refractivity contribution < 1.29 is 24.8 Å². The van der Waals surface area contributed by atoms with Crippen molar-refractivity contribution in [2.75, 3.05) is 38.8 Å². The second kappa shape index (κ2) is 8.96. The van der Waals surface area contributed by atoms with Crippen LogP contribution in [0.2, 0.25) is 6.82 Å². The molecule has 1 aromatic carbocycles. The Morgan fingerprint density at radius 3 is 2.61 bits per heavy atom. The van der Waals surface area contributed by atoms with Gasteiger partial charge in [-0.1, -0.05) is 39.8 Å². The Kier molecular flexibility index (Phi) is 6.47. The molecule has 10 heteroatoms. The summed E-state index contributed by atoms with van der Waals surface area (Å²) >= 11 is 0. The number of rotatable bonds is 6. The number of ether oxygens (including phenoxy) is 1. The van der Waals surface area contributed by atoms with Crippen molar-refractivity contribution in [3.8, 4) is 5.75 Å². The molecule has 9 nitrogen and oxygen atoms in total. The zero-order chi connectivity index (χ0) is 27.8. The highest BCUT2D eigenvalue weighted by Gasteiger charge is 2.78. The fraction of sp³-hybridized carbons (Fsp3) is 0.679. The lowest BCUT2D eigenvalue weighted by atomic mass is 9.47. The molecule has 1 saturated heterocycles. The van der Waals surface area contributed by atoms with Crippen LogP contribution in [0.1, 0.15) is 51.7 Å². The maximum absolute atomic E-state index is 14.0. The van der Waals surface area contributed by atoms with Gasteiger partial charge >= 0.3 is 7.05 Å². The third kappa shape index (κ3) is 3.40. The third-order valence-corrected chi connectivity index (χ3v) is 9.79. The van der Waals surface area contributed by atoms with Crippen LogP contribution in [0.15, 0.2) is 24.3 Å². The molecule has 3 heterocycles. The number of anilines is 1. The van der Waals surface area contributed by atoms with Crippen molar-refractivity contribution in [2.24, 2.45) is 5.41 Å². The minimum atomic E-state index is -2.12. The largest absolute Gasteiger partial charge is 0.496 e. The molecule has 208 valence electrons. The zero-order valence-corrected chi connectivity index (χ0v) is 23.7. The van der Waals surface area contributed by atoms with Crippen molar-refractivity contribution in [1.82, 2.24) is 15.4 Å². The SMILES string of the molecule is CCC12C=CCN3CCC4(c5cc(C(C)(C)C)c(OC)cc5N(C)C4C(O)(C(=O)NCNB(C)O)C1O)C32. The van der Waals surface area contributed by atoms with E-state index in [1.807, 2.05) is 24.9 Å². The number of carbonyl (C=O) groups excluding carboxylic acids is 1. The van der Waals surface area contributed by atoms with Crippen molar-refractivity contribution in [1.29, 1.82) is 0 Å². The Labute approximate surface area is 226 Å². The molecular weight excluding hydrogens is 483 g/mol. The van der Waals surface area contributed by atoms with Crippen LogP contribution in [-0.2, 0) is 15.6 Å². The van der Waals surface area contributed by atoms with Crippen LogP contribution >= 0.6 is 0 Å². The molecular formula is C28H43BN4O5. The third-order valence-electron chi connectivity index (χ3n) is 9.79. The van der Waals surface area contributed by atoms with E-state index in [4.69, 9.17) is 4.74 Å². The van der Waals surface area contributed by atoms with Gasteiger partial charge in [0.2, 0.25) is 0 Å². The first kappa shape index (κ1) is 27.5. The predicted octanol–water partition coefficient (Wildman–Crippen LogP) is 0.969. The van der Waals surface area contributed by atoms with Crippen LogP contribution in [0.4, 0.5) is 5.69 Å². The first-order valence-corrected chi connectivity index (χ1v) is 13.8. The number of fused-ring (bicyclic) bond motifs is 1. The average molecular weight is 526 g/mol. The highest BCUT2D eigenvalue weighted by Crippen LogP contribution is 2.67. The minimum absolute atomic E-state index is 0.0333. The standard InChI is InChI=1S/C28H43BN4O5/c1-8-26-10-9-12-33-13-11-27(21(26)33)17-14-18(25(2,3)4)20(38-7)15-19(17)32(6)22(27)28(36,23(26)34)24(35)30-16-31-29(5)37/h9-10,14-15,21-23,31,34,36-37H,8,11-13,16H2,1-7H3,(H,30,35). The number of nitrogens with one attached hydrogen (secondary N) is 2. The second-order valence-corrected chi connectivity index (χ2v) is 12.7. The number of carbonyl (C=O) groups is 1. The fourth-order valence-corrected chi connectivity index (χ4v) is 8.29. The Morgan fingerprint density at radius 2 is 2.00 bits per heavy atom. The molecule has 1 aromatic rings. The molecule has 1 spiro atoms. The summed E-state index contributed by atoms with van der Waals surface area (Å²) in [5.41, 5.74) is -0.614. The summed E-state index contributed by atoms with van der Waals surface area (Å²) in [5.74, 6) is 0.127. The number of hydrogen-bond acceptors (Lipinski definition) is 8. The lowest BCUT2D eigenvalue weighted by Gasteiger charge is -2.63. The summed E-state index contributed by atoms with van der Waals surface area (Å²) in [5, 5.41) is 39.9. The van der Waals surface area contributed by atoms with Gasteiger partial charge in [-0.15, -0.1) is 0 Å². The molecule has 5 N–H and O–H groups in total. The smallest absolute Gasteiger partial charge is 0.375 e. The van der Waals surface area contributed by atoms with E-state index < -0.39 is 41.5 Å². The molecule has 38 heavy (non-hydrogen) atoms. The van der Waals surface area contributed by atoms with E-state index in [0.717, 1.165) is 42.1 Å². The quantitative estimate of drug-likeness (QED) is 0.212. The number of aliphatic hydroxyl groups excluding tert-OH is 1. The van der Waals surface area contributed by atoms with Crippen LogP contribution in [0.3, 0.4) is 0 Å². The Morgan fingerprint density at radius 1 is 1.29 bits per heavy atom. The number of amides is 1. The van der Waals surface area contributed by atoms with Gasteiger partial charge in [0.25, 0.3) is 5.91 Å². The first-order valence-electron chi connectivity index (χ1n) is 13.8. The van der Waals surface area contributed by atoms with Crippen molar-refractivity contribution in [2.45, 2.75) is 82.0 Å².